The largest absolute Gasteiger partial charge is 0.478 e. The number of esters is 1. The van der Waals surface area contributed by atoms with Crippen molar-refractivity contribution in [3.05, 3.63) is 35.4 Å². The highest BCUT2D eigenvalue weighted by Crippen LogP contribution is 2.82. The predicted octanol–water partition coefficient (Wildman–Crippen LogP) is 3.51. The molecule has 0 unspecified atom stereocenters. The minimum atomic E-state index is -1.08. The van der Waals surface area contributed by atoms with Crippen LogP contribution in [-0.2, 0) is 4.74 Å². The van der Waals surface area contributed by atoms with Gasteiger partial charge in [-0.1, -0.05) is 12.1 Å². The third kappa shape index (κ3) is 1.72. The first-order valence-electron chi connectivity index (χ1n) is 8.59. The molecule has 0 radical (unpaired) electrons. The maximum atomic E-state index is 12.6. The lowest BCUT2D eigenvalue weighted by atomic mass is 9.82. The average Bonchev–Trinajstić information content (AvgIpc) is 3.42. The van der Waals surface area contributed by atoms with Crippen LogP contribution in [0, 0.1) is 22.7 Å². The van der Waals surface area contributed by atoms with Crippen LogP contribution < -0.4 is 0 Å². The normalized spacial score (nSPS) is 33.8. The number of carbonyl (C=O) groups excluding carboxylic acids is 1. The Morgan fingerprint density at radius 2 is 1.78 bits per heavy atom. The molecule has 2 bridgehead atoms. The molecular formula is C19H20O4. The molecule has 4 aliphatic carbocycles. The average molecular weight is 312 g/mol. The summed E-state index contributed by atoms with van der Waals surface area (Å²) in [5, 5.41) is 9.26. The molecule has 0 heterocycles. The standard InChI is InChI=1S/C19H20O4/c20-16(21)12-3-1-2-4-13(12)17(22)23-14-9-11-10-18(5-6-18)15(14)19(11)7-8-19/h1-4,11,14-15H,5-10H2,(H,20,21)/t11-,14-,15-/m1/s1. The van der Waals surface area contributed by atoms with Gasteiger partial charge >= 0.3 is 11.9 Å². The van der Waals surface area contributed by atoms with Crippen LogP contribution in [0.25, 0.3) is 0 Å². The van der Waals surface area contributed by atoms with E-state index in [1.165, 1.54) is 38.2 Å². The first kappa shape index (κ1) is 13.6. The van der Waals surface area contributed by atoms with Crippen LogP contribution in [0.3, 0.4) is 0 Å². The zero-order chi connectivity index (χ0) is 15.8. The lowest BCUT2D eigenvalue weighted by molar-refractivity contribution is -0.000697. The quantitative estimate of drug-likeness (QED) is 0.868. The van der Waals surface area contributed by atoms with Crippen molar-refractivity contribution in [1.82, 2.24) is 0 Å². The zero-order valence-electron chi connectivity index (χ0n) is 13.0. The van der Waals surface area contributed by atoms with Gasteiger partial charge in [-0.25, -0.2) is 9.59 Å². The number of carboxylic acid groups (broad SMARTS) is 1. The molecule has 0 amide bonds. The number of hydrogen-bond acceptors (Lipinski definition) is 3. The Balaban J connectivity index is 1.41. The minimum absolute atomic E-state index is 0.00639. The van der Waals surface area contributed by atoms with Gasteiger partial charge in [0, 0.05) is 5.92 Å². The number of fused-ring (bicyclic) bond motifs is 1. The number of carbonyl (C=O) groups is 2. The van der Waals surface area contributed by atoms with E-state index in [0.717, 1.165) is 12.3 Å². The second-order valence-electron chi connectivity index (χ2n) is 8.00. The van der Waals surface area contributed by atoms with Crippen LogP contribution in [0.15, 0.2) is 24.3 Å². The molecular weight excluding hydrogens is 292 g/mol. The van der Waals surface area contributed by atoms with Gasteiger partial charge < -0.3 is 9.84 Å². The lowest BCUT2D eigenvalue weighted by Crippen LogP contribution is -2.32. The number of ether oxygens (including phenoxy) is 1. The van der Waals surface area contributed by atoms with Crippen molar-refractivity contribution in [2.24, 2.45) is 22.7 Å². The monoisotopic (exact) mass is 312 g/mol. The summed E-state index contributed by atoms with van der Waals surface area (Å²) in [6.45, 7) is 0. The van der Waals surface area contributed by atoms with Gasteiger partial charge in [0.25, 0.3) is 0 Å². The molecule has 1 aromatic carbocycles. The predicted molar refractivity (Wildman–Crippen MR) is 82.2 cm³/mol. The van der Waals surface area contributed by atoms with Crippen molar-refractivity contribution in [3.8, 4) is 0 Å². The Kier molecular flexibility index (Phi) is 2.46. The fourth-order valence-electron chi connectivity index (χ4n) is 5.89. The van der Waals surface area contributed by atoms with Crippen LogP contribution in [0.5, 0.6) is 0 Å². The summed E-state index contributed by atoms with van der Waals surface area (Å²) in [4.78, 5) is 23.9. The maximum Gasteiger partial charge on any atom is 0.339 e. The Morgan fingerprint density at radius 3 is 2.35 bits per heavy atom. The Morgan fingerprint density at radius 1 is 1.09 bits per heavy atom. The van der Waals surface area contributed by atoms with E-state index >= 15 is 0 Å². The van der Waals surface area contributed by atoms with E-state index in [2.05, 4.69) is 0 Å². The molecule has 2 spiro atoms. The Hall–Kier alpha value is -1.84. The molecule has 1 aromatic rings. The zero-order valence-corrected chi connectivity index (χ0v) is 13.0. The first-order chi connectivity index (χ1) is 11.1. The van der Waals surface area contributed by atoms with Crippen molar-refractivity contribution in [1.29, 1.82) is 0 Å². The number of hydrogen-bond donors (Lipinski definition) is 1. The van der Waals surface area contributed by atoms with Crippen LogP contribution in [0.4, 0.5) is 0 Å². The fraction of sp³-hybridized carbons (Fsp3) is 0.579. The Bertz CT molecular complexity index is 714. The summed E-state index contributed by atoms with van der Waals surface area (Å²) in [7, 11) is 0. The van der Waals surface area contributed by atoms with E-state index in [1.807, 2.05) is 0 Å². The topological polar surface area (TPSA) is 63.6 Å². The maximum absolute atomic E-state index is 12.6. The highest BCUT2D eigenvalue weighted by Gasteiger charge is 2.76. The summed E-state index contributed by atoms with van der Waals surface area (Å²) in [5.74, 6) is -0.293. The first-order valence-corrected chi connectivity index (χ1v) is 8.59. The van der Waals surface area contributed by atoms with Gasteiger partial charge in [0.2, 0.25) is 0 Å². The molecule has 4 fully saturated rings. The molecule has 4 saturated carbocycles. The molecule has 23 heavy (non-hydrogen) atoms. The summed E-state index contributed by atoms with van der Waals surface area (Å²) in [6.07, 6.45) is 7.47. The smallest absolute Gasteiger partial charge is 0.339 e. The van der Waals surface area contributed by atoms with Gasteiger partial charge in [-0.3, -0.25) is 0 Å². The molecule has 0 aromatic heterocycles. The second kappa shape index (κ2) is 4.16. The van der Waals surface area contributed by atoms with Crippen LogP contribution in [0.1, 0.15) is 59.2 Å². The van der Waals surface area contributed by atoms with Gasteiger partial charge in [0.15, 0.2) is 0 Å². The van der Waals surface area contributed by atoms with Gasteiger partial charge in [0.05, 0.1) is 11.1 Å². The number of aromatic carboxylic acids is 1. The third-order valence-corrected chi connectivity index (χ3v) is 6.99. The summed E-state index contributed by atoms with van der Waals surface area (Å²) in [6, 6.07) is 6.34. The van der Waals surface area contributed by atoms with Gasteiger partial charge in [-0.15, -0.1) is 0 Å². The van der Waals surface area contributed by atoms with Crippen LogP contribution in [0.2, 0.25) is 0 Å². The molecule has 4 heteroatoms. The molecule has 1 N–H and O–H groups in total. The molecule has 0 aliphatic heterocycles. The van der Waals surface area contributed by atoms with Gasteiger partial charge in [0.1, 0.15) is 6.10 Å². The minimum Gasteiger partial charge on any atom is -0.478 e. The molecule has 5 rings (SSSR count). The summed E-state index contributed by atoms with van der Waals surface area (Å²) in [5.41, 5.74) is 1.13. The van der Waals surface area contributed by atoms with Crippen LogP contribution >= 0.6 is 0 Å². The SMILES string of the molecule is O=C(O)c1ccccc1C(=O)O[C@@H]1C[C@@H]2CC3(CC3)[C@@H]1C21CC1. The number of benzene rings is 1. The van der Waals surface area contributed by atoms with E-state index in [0.29, 0.717) is 16.7 Å². The van der Waals surface area contributed by atoms with E-state index < -0.39 is 11.9 Å². The highest BCUT2D eigenvalue weighted by atomic mass is 16.5. The van der Waals surface area contributed by atoms with Crippen molar-refractivity contribution in [3.63, 3.8) is 0 Å². The Labute approximate surface area is 134 Å². The van der Waals surface area contributed by atoms with Gasteiger partial charge in [-0.2, -0.15) is 0 Å². The van der Waals surface area contributed by atoms with E-state index in [-0.39, 0.29) is 17.2 Å². The van der Waals surface area contributed by atoms with Crippen molar-refractivity contribution in [2.75, 3.05) is 0 Å². The van der Waals surface area contributed by atoms with E-state index in [1.54, 1.807) is 18.2 Å². The molecule has 4 aliphatic rings. The number of carboxylic acids is 1. The van der Waals surface area contributed by atoms with E-state index in [9.17, 15) is 14.7 Å². The fourth-order valence-corrected chi connectivity index (χ4v) is 5.89. The lowest BCUT2D eigenvalue weighted by Gasteiger charge is -2.30. The second-order valence-corrected chi connectivity index (χ2v) is 8.00. The molecule has 4 nitrogen and oxygen atoms in total. The molecule has 120 valence electrons. The van der Waals surface area contributed by atoms with Crippen molar-refractivity contribution in [2.45, 2.75) is 44.6 Å². The van der Waals surface area contributed by atoms with E-state index in [4.69, 9.17) is 4.74 Å². The van der Waals surface area contributed by atoms with Crippen LogP contribution in [-0.4, -0.2) is 23.1 Å². The number of rotatable bonds is 3. The molecule has 0 saturated heterocycles. The summed E-state index contributed by atoms with van der Waals surface area (Å²) >= 11 is 0. The van der Waals surface area contributed by atoms with Crippen molar-refractivity contribution >= 4 is 11.9 Å². The van der Waals surface area contributed by atoms with Gasteiger partial charge in [-0.05, 0) is 67.4 Å². The highest BCUT2D eigenvalue weighted by molar-refractivity contribution is 6.02. The summed E-state index contributed by atoms with van der Waals surface area (Å²) < 4.78 is 5.87. The third-order valence-electron chi connectivity index (χ3n) is 6.99. The van der Waals surface area contributed by atoms with Crippen molar-refractivity contribution < 1.29 is 19.4 Å². The molecule has 3 atom stereocenters.